The van der Waals surface area contributed by atoms with E-state index in [0.29, 0.717) is 11.0 Å². The summed E-state index contributed by atoms with van der Waals surface area (Å²) >= 11 is 0. The van der Waals surface area contributed by atoms with Gasteiger partial charge >= 0.3 is 0 Å². The molecule has 0 aliphatic carbocycles. The molecule has 0 fully saturated rings. The fraction of sp³-hybridized carbons (Fsp3) is 0. The molecule has 0 spiro atoms. The predicted molar refractivity (Wildman–Crippen MR) is 205 cm³/mol. The average molecular weight is 650 g/mol. The van der Waals surface area contributed by atoms with Gasteiger partial charge in [0.1, 0.15) is 0 Å². The third-order valence-electron chi connectivity index (χ3n) is 8.97. The van der Waals surface area contributed by atoms with Crippen LogP contribution < -0.4 is 0 Å². The molecule has 0 aliphatic rings. The van der Waals surface area contributed by atoms with E-state index in [4.69, 9.17) is 23.7 Å². The zero-order valence-electron chi connectivity index (χ0n) is 36.2. The topological polar surface area (TPSA) is 48.5 Å². The van der Waals surface area contributed by atoms with E-state index >= 15 is 0 Å². The van der Waals surface area contributed by atoms with Crippen molar-refractivity contribution in [3.05, 3.63) is 176 Å². The van der Waals surface area contributed by atoms with Crippen molar-refractivity contribution in [1.82, 2.24) is 24.1 Å². The van der Waals surface area contributed by atoms with E-state index in [2.05, 4.69) is 64.1 Å². The summed E-state index contributed by atoms with van der Waals surface area (Å²) in [6.45, 7) is 0. The number of hydrogen-bond acceptors (Lipinski definition) is 3. The number of fused-ring (bicyclic) bond motifs is 6. The molecular formula is C45H29N5. The molecule has 7 aromatic carbocycles. The SMILES string of the molecule is [2H]c1c([2H])c([2H])c(-c2nc(-c3c([2H])c([2H])c([2H])c([2H])c3[2H])nc(-n3c4ccccc4c4cc5c6ccccc6n(-c6ccc(-c7ccccc7)cc6)c5cc43)n2)c([2H])c1[2H]. The highest BCUT2D eigenvalue weighted by molar-refractivity contribution is 6.19. The van der Waals surface area contributed by atoms with Crippen LogP contribution in [0, 0.1) is 0 Å². The minimum Gasteiger partial charge on any atom is -0.309 e. The highest BCUT2D eigenvalue weighted by atomic mass is 15.2. The second-order valence-electron chi connectivity index (χ2n) is 11.8. The quantitative estimate of drug-likeness (QED) is 0.186. The van der Waals surface area contributed by atoms with Crippen LogP contribution in [0.15, 0.2) is 176 Å². The molecule has 0 amide bonds. The monoisotopic (exact) mass is 649 g/mol. The lowest BCUT2D eigenvalue weighted by atomic mass is 10.1. The van der Waals surface area contributed by atoms with Gasteiger partial charge in [-0.15, -0.1) is 0 Å². The van der Waals surface area contributed by atoms with E-state index in [1.807, 2.05) is 60.7 Å². The third-order valence-corrected chi connectivity index (χ3v) is 8.97. The van der Waals surface area contributed by atoms with Gasteiger partial charge in [-0.05, 0) is 47.5 Å². The minimum absolute atomic E-state index is 0.0611. The van der Waals surface area contributed by atoms with Gasteiger partial charge < -0.3 is 4.57 Å². The van der Waals surface area contributed by atoms with Crippen LogP contribution in [-0.2, 0) is 0 Å². The summed E-state index contributed by atoms with van der Waals surface area (Å²) in [4.78, 5) is 14.1. The Labute approximate surface area is 302 Å². The molecule has 0 bridgehead atoms. The summed E-state index contributed by atoms with van der Waals surface area (Å²) in [5.41, 5.74) is 5.59. The number of nitrogens with zero attached hydrogens (tertiary/aromatic N) is 5. The lowest BCUT2D eigenvalue weighted by Gasteiger charge is -2.12. The van der Waals surface area contributed by atoms with Gasteiger partial charge in [-0.25, -0.2) is 4.98 Å². The van der Waals surface area contributed by atoms with Crippen molar-refractivity contribution in [3.8, 4) is 45.5 Å². The van der Waals surface area contributed by atoms with Crippen molar-refractivity contribution < 1.29 is 13.7 Å². The Kier molecular flexibility index (Phi) is 4.52. The van der Waals surface area contributed by atoms with Crippen molar-refractivity contribution in [2.45, 2.75) is 0 Å². The molecular weight excluding hydrogens is 611 g/mol. The van der Waals surface area contributed by atoms with Crippen LogP contribution in [-0.4, -0.2) is 24.1 Å². The second-order valence-corrected chi connectivity index (χ2v) is 11.8. The lowest BCUT2D eigenvalue weighted by Crippen LogP contribution is -2.06. The fourth-order valence-corrected chi connectivity index (χ4v) is 6.77. The summed E-state index contributed by atoms with van der Waals surface area (Å²) in [6, 6.07) is 32.5. The van der Waals surface area contributed by atoms with E-state index in [9.17, 15) is 0 Å². The van der Waals surface area contributed by atoms with Gasteiger partial charge in [-0.2, -0.15) is 9.97 Å². The Morgan fingerprint density at radius 2 is 0.880 bits per heavy atom. The summed E-state index contributed by atoms with van der Waals surface area (Å²) in [7, 11) is 0. The Balaban J connectivity index is 1.31. The number of para-hydroxylation sites is 2. The van der Waals surface area contributed by atoms with Gasteiger partial charge in [0.25, 0.3) is 0 Å². The summed E-state index contributed by atoms with van der Waals surface area (Å²) in [5, 5.41) is 3.70. The van der Waals surface area contributed by atoms with E-state index in [1.165, 1.54) is 0 Å². The van der Waals surface area contributed by atoms with Gasteiger partial charge in [0.15, 0.2) is 11.6 Å². The van der Waals surface area contributed by atoms with Gasteiger partial charge in [-0.1, -0.05) is 139 Å². The maximum Gasteiger partial charge on any atom is 0.238 e. The fourth-order valence-electron chi connectivity index (χ4n) is 6.77. The van der Waals surface area contributed by atoms with Crippen molar-refractivity contribution in [2.24, 2.45) is 0 Å². The maximum absolute atomic E-state index is 8.81. The molecule has 0 N–H and O–H groups in total. The van der Waals surface area contributed by atoms with E-state index in [0.717, 1.165) is 49.4 Å². The van der Waals surface area contributed by atoms with Crippen molar-refractivity contribution >= 4 is 43.6 Å². The first-order chi connectivity index (χ1) is 28.9. The van der Waals surface area contributed by atoms with Crippen LogP contribution in [0.1, 0.15) is 13.7 Å². The smallest absolute Gasteiger partial charge is 0.238 e. The van der Waals surface area contributed by atoms with Crippen LogP contribution in [0.5, 0.6) is 0 Å². The molecule has 5 nitrogen and oxygen atoms in total. The molecule has 5 heteroatoms. The Morgan fingerprint density at radius 3 is 1.48 bits per heavy atom. The standard InChI is InChI=1S/C45H29N5/c1-4-14-30(15-5-1)31-24-26-34(27-25-31)49-39-22-12-10-20-35(39)37-28-38-36-21-11-13-23-40(36)50(42(38)29-41(37)49)45-47-43(32-16-6-2-7-17-32)46-44(48-45)33-18-8-3-9-19-33/h1-29H/i2D,3D,6D,7D,8D,9D,16D,17D,18D,19D. The molecule has 0 unspecified atom stereocenters. The molecule has 0 saturated carbocycles. The third kappa shape index (κ3) is 4.52. The molecule has 10 rings (SSSR count). The maximum atomic E-state index is 8.81. The molecule has 3 aromatic heterocycles. The van der Waals surface area contributed by atoms with Gasteiger partial charge in [-0.3, -0.25) is 4.57 Å². The molecule has 10 aromatic rings. The number of rotatable bonds is 5. The first-order valence-electron chi connectivity index (χ1n) is 21.0. The first kappa shape index (κ1) is 19.8. The zero-order valence-corrected chi connectivity index (χ0v) is 26.2. The predicted octanol–water partition coefficient (Wildman–Crippen LogP) is 11.1. The molecule has 0 saturated heterocycles. The summed E-state index contributed by atoms with van der Waals surface area (Å²) in [6.07, 6.45) is 0. The van der Waals surface area contributed by atoms with Gasteiger partial charge in [0, 0.05) is 38.4 Å². The van der Waals surface area contributed by atoms with Crippen LogP contribution in [0.25, 0.3) is 89.2 Å². The molecule has 234 valence electrons. The average Bonchev–Trinajstić information content (AvgIpc) is 3.78. The summed E-state index contributed by atoms with van der Waals surface area (Å²) < 4.78 is 89.2. The number of benzene rings is 7. The Hall–Kier alpha value is -6.85. The van der Waals surface area contributed by atoms with Crippen molar-refractivity contribution in [3.63, 3.8) is 0 Å². The molecule has 0 radical (unpaired) electrons. The number of aromatic nitrogens is 5. The molecule has 0 atom stereocenters. The highest BCUT2D eigenvalue weighted by Crippen LogP contribution is 2.39. The Bertz CT molecular complexity index is 3290. The lowest BCUT2D eigenvalue weighted by molar-refractivity contribution is 0.953. The van der Waals surface area contributed by atoms with Crippen LogP contribution in [0.2, 0.25) is 0 Å². The van der Waals surface area contributed by atoms with Gasteiger partial charge in [0.05, 0.1) is 35.8 Å². The Morgan fingerprint density at radius 1 is 0.380 bits per heavy atom. The zero-order chi connectivity index (χ0) is 41.7. The van der Waals surface area contributed by atoms with Crippen molar-refractivity contribution in [2.75, 3.05) is 0 Å². The number of hydrogen-bond donors (Lipinski definition) is 0. The van der Waals surface area contributed by atoms with Crippen molar-refractivity contribution in [1.29, 1.82) is 0 Å². The highest BCUT2D eigenvalue weighted by Gasteiger charge is 2.21. The van der Waals surface area contributed by atoms with Crippen LogP contribution in [0.3, 0.4) is 0 Å². The minimum atomic E-state index is -0.610. The first-order valence-corrected chi connectivity index (χ1v) is 16.0. The van der Waals surface area contributed by atoms with Gasteiger partial charge in [0.2, 0.25) is 5.95 Å². The molecule has 0 aliphatic heterocycles. The normalized spacial score (nSPS) is 14.4. The van der Waals surface area contributed by atoms with Crippen LogP contribution in [0.4, 0.5) is 0 Å². The molecule has 3 heterocycles. The second kappa shape index (κ2) is 11.4. The molecule has 50 heavy (non-hydrogen) atoms. The van der Waals surface area contributed by atoms with E-state index in [1.54, 1.807) is 4.57 Å². The van der Waals surface area contributed by atoms with E-state index in [-0.39, 0.29) is 28.7 Å². The van der Waals surface area contributed by atoms with E-state index < -0.39 is 60.4 Å². The summed E-state index contributed by atoms with van der Waals surface area (Å²) in [5.74, 6) is -0.731. The largest absolute Gasteiger partial charge is 0.309 e. The van der Waals surface area contributed by atoms with Crippen LogP contribution >= 0.6 is 0 Å².